The molecule has 26 heavy (non-hydrogen) atoms. The fraction of sp³-hybridized carbons (Fsp3) is 0.0556. The number of rotatable bonds is 4. The van der Waals surface area contributed by atoms with Crippen LogP contribution in [0.2, 0.25) is 0 Å². The number of halogens is 1. The number of benzene rings is 1. The van der Waals surface area contributed by atoms with E-state index in [0.717, 1.165) is 11.1 Å². The average Bonchev–Trinajstić information content (AvgIpc) is 3.20. The first kappa shape index (κ1) is 16.2. The second-order valence-electron chi connectivity index (χ2n) is 5.58. The third-order valence-electron chi connectivity index (χ3n) is 4.01. The molecular weight excluding hydrogens is 351 g/mol. The van der Waals surface area contributed by atoms with Crippen LogP contribution in [0.1, 0.15) is 11.1 Å². The quantitative estimate of drug-likeness (QED) is 0.444. The summed E-state index contributed by atoms with van der Waals surface area (Å²) in [5, 5.41) is 18.0. The first-order chi connectivity index (χ1) is 12.7. The zero-order chi connectivity index (χ0) is 18.1. The molecule has 0 aliphatic carbocycles. The lowest BCUT2D eigenvalue weighted by Crippen LogP contribution is -2.12. The molecule has 4 aromatic rings. The SMILES string of the molecule is N#Cc1c(CSc2nnc(-c3ccccc3F)n2N)cn2ccccc12. The number of nitrogen functional groups attached to an aromatic ring is 1. The normalized spacial score (nSPS) is 10.9. The van der Waals surface area contributed by atoms with Crippen molar-refractivity contribution in [2.45, 2.75) is 10.9 Å². The lowest BCUT2D eigenvalue weighted by Gasteiger charge is -2.04. The Labute approximate surface area is 152 Å². The van der Waals surface area contributed by atoms with Crippen LogP contribution >= 0.6 is 11.8 Å². The molecular formula is C18H13FN6S. The molecule has 0 amide bonds. The van der Waals surface area contributed by atoms with E-state index >= 15 is 0 Å². The molecule has 8 heteroatoms. The van der Waals surface area contributed by atoms with Gasteiger partial charge in [-0.1, -0.05) is 30.0 Å². The summed E-state index contributed by atoms with van der Waals surface area (Å²) in [6.45, 7) is 0. The van der Waals surface area contributed by atoms with Gasteiger partial charge >= 0.3 is 0 Å². The van der Waals surface area contributed by atoms with Gasteiger partial charge in [0.05, 0.1) is 16.6 Å². The van der Waals surface area contributed by atoms with Crippen molar-refractivity contribution in [1.29, 1.82) is 5.26 Å². The smallest absolute Gasteiger partial charge is 0.210 e. The largest absolute Gasteiger partial charge is 0.335 e. The van der Waals surface area contributed by atoms with E-state index in [1.807, 2.05) is 35.0 Å². The Morgan fingerprint density at radius 3 is 2.77 bits per heavy atom. The van der Waals surface area contributed by atoms with E-state index in [-0.39, 0.29) is 5.82 Å². The zero-order valence-electron chi connectivity index (χ0n) is 13.5. The van der Waals surface area contributed by atoms with E-state index in [0.29, 0.717) is 22.0 Å². The van der Waals surface area contributed by atoms with Crippen molar-refractivity contribution in [1.82, 2.24) is 19.3 Å². The van der Waals surface area contributed by atoms with Crippen molar-refractivity contribution in [3.05, 3.63) is 71.8 Å². The zero-order valence-corrected chi connectivity index (χ0v) is 14.3. The minimum absolute atomic E-state index is 0.258. The molecule has 0 saturated heterocycles. The molecule has 0 atom stereocenters. The Hall–Kier alpha value is -3.31. The number of hydrogen-bond acceptors (Lipinski definition) is 5. The van der Waals surface area contributed by atoms with Crippen molar-refractivity contribution in [3.8, 4) is 17.5 Å². The van der Waals surface area contributed by atoms with Crippen molar-refractivity contribution in [2.75, 3.05) is 5.84 Å². The van der Waals surface area contributed by atoms with Crippen molar-refractivity contribution < 1.29 is 4.39 Å². The average molecular weight is 364 g/mol. The van der Waals surface area contributed by atoms with Crippen molar-refractivity contribution >= 4 is 17.3 Å². The molecule has 128 valence electrons. The molecule has 0 saturated carbocycles. The van der Waals surface area contributed by atoms with E-state index in [2.05, 4.69) is 16.3 Å². The summed E-state index contributed by atoms with van der Waals surface area (Å²) < 4.78 is 17.1. The Bertz CT molecular complexity index is 1140. The molecule has 0 spiro atoms. The number of nitrogens with two attached hydrogens (primary N) is 1. The maximum Gasteiger partial charge on any atom is 0.210 e. The number of hydrogen-bond donors (Lipinski definition) is 1. The standard InChI is InChI=1S/C18H13FN6S/c19-15-6-2-1-5-13(15)17-22-23-18(25(17)21)26-11-12-10-24-8-4-3-7-16(24)14(12)9-20/h1-8,10H,11,21H2. The van der Waals surface area contributed by atoms with Gasteiger partial charge in [0.25, 0.3) is 0 Å². The van der Waals surface area contributed by atoms with E-state index in [1.165, 1.54) is 22.5 Å². The van der Waals surface area contributed by atoms with Crippen LogP contribution in [0.15, 0.2) is 60.0 Å². The lowest BCUT2D eigenvalue weighted by atomic mass is 10.2. The maximum atomic E-state index is 14.0. The summed E-state index contributed by atoms with van der Waals surface area (Å²) in [6.07, 6.45) is 3.81. The third-order valence-corrected chi connectivity index (χ3v) is 5.00. The van der Waals surface area contributed by atoms with Crippen LogP contribution in [0.5, 0.6) is 0 Å². The molecule has 0 unspecified atom stereocenters. The fourth-order valence-corrected chi connectivity index (χ4v) is 3.59. The molecule has 6 nitrogen and oxygen atoms in total. The molecule has 0 radical (unpaired) electrons. The van der Waals surface area contributed by atoms with E-state index in [4.69, 9.17) is 5.84 Å². The molecule has 1 aromatic carbocycles. The van der Waals surface area contributed by atoms with Crippen LogP contribution in [-0.2, 0) is 5.75 Å². The highest BCUT2D eigenvalue weighted by Crippen LogP contribution is 2.28. The van der Waals surface area contributed by atoms with Gasteiger partial charge in [-0.05, 0) is 29.8 Å². The molecule has 0 fully saturated rings. The van der Waals surface area contributed by atoms with E-state index in [9.17, 15) is 9.65 Å². The molecule has 3 heterocycles. The Kier molecular flexibility index (Phi) is 4.07. The Balaban J connectivity index is 1.62. The van der Waals surface area contributed by atoms with Crippen LogP contribution < -0.4 is 5.84 Å². The summed E-state index contributed by atoms with van der Waals surface area (Å²) in [6, 6.07) is 14.2. The third kappa shape index (κ3) is 2.68. The van der Waals surface area contributed by atoms with Gasteiger partial charge in [-0.25, -0.2) is 9.07 Å². The van der Waals surface area contributed by atoms with Gasteiger partial charge in [-0.3, -0.25) is 0 Å². The number of pyridine rings is 1. The topological polar surface area (TPSA) is 84.9 Å². The maximum absolute atomic E-state index is 14.0. The lowest BCUT2D eigenvalue weighted by molar-refractivity contribution is 0.629. The predicted octanol–water partition coefficient (Wildman–Crippen LogP) is 3.21. The first-order valence-corrected chi connectivity index (χ1v) is 8.74. The molecule has 0 aliphatic heterocycles. The van der Waals surface area contributed by atoms with Crippen molar-refractivity contribution in [3.63, 3.8) is 0 Å². The summed E-state index contributed by atoms with van der Waals surface area (Å²) in [5.74, 6) is 6.39. The highest BCUT2D eigenvalue weighted by molar-refractivity contribution is 7.98. The summed E-state index contributed by atoms with van der Waals surface area (Å²) in [5.41, 5.74) is 2.64. The van der Waals surface area contributed by atoms with E-state index < -0.39 is 5.82 Å². The molecule has 0 aliphatic rings. The first-order valence-electron chi connectivity index (χ1n) is 7.76. The summed E-state index contributed by atoms with van der Waals surface area (Å²) in [7, 11) is 0. The van der Waals surface area contributed by atoms with Gasteiger partial charge in [0.2, 0.25) is 5.16 Å². The second kappa shape index (κ2) is 6.54. The van der Waals surface area contributed by atoms with Crippen LogP contribution in [0.25, 0.3) is 16.9 Å². The monoisotopic (exact) mass is 364 g/mol. The number of nitrogens with zero attached hydrogens (tertiary/aromatic N) is 5. The van der Waals surface area contributed by atoms with Crippen LogP contribution in [0.4, 0.5) is 4.39 Å². The van der Waals surface area contributed by atoms with Gasteiger partial charge in [0.15, 0.2) is 5.82 Å². The van der Waals surface area contributed by atoms with E-state index in [1.54, 1.807) is 18.2 Å². The number of thioether (sulfide) groups is 1. The minimum atomic E-state index is -0.409. The Morgan fingerprint density at radius 1 is 1.15 bits per heavy atom. The number of fused-ring (bicyclic) bond motifs is 1. The number of aromatic nitrogens is 4. The molecule has 4 rings (SSSR count). The highest BCUT2D eigenvalue weighted by Gasteiger charge is 2.17. The van der Waals surface area contributed by atoms with Gasteiger partial charge in [-0.2, -0.15) is 5.26 Å². The van der Waals surface area contributed by atoms with Gasteiger partial charge in [-0.15, -0.1) is 10.2 Å². The van der Waals surface area contributed by atoms with Crippen molar-refractivity contribution in [2.24, 2.45) is 0 Å². The van der Waals surface area contributed by atoms with Crippen LogP contribution in [0.3, 0.4) is 0 Å². The predicted molar refractivity (Wildman–Crippen MR) is 97.2 cm³/mol. The highest BCUT2D eigenvalue weighted by atomic mass is 32.2. The summed E-state index contributed by atoms with van der Waals surface area (Å²) in [4.78, 5) is 0. The molecule has 0 bridgehead atoms. The summed E-state index contributed by atoms with van der Waals surface area (Å²) >= 11 is 1.34. The molecule has 2 N–H and O–H groups in total. The van der Waals surface area contributed by atoms with Gasteiger partial charge in [0.1, 0.15) is 11.9 Å². The van der Waals surface area contributed by atoms with Gasteiger partial charge in [0, 0.05) is 18.1 Å². The minimum Gasteiger partial charge on any atom is -0.335 e. The Morgan fingerprint density at radius 2 is 1.96 bits per heavy atom. The number of nitriles is 1. The fourth-order valence-electron chi connectivity index (χ4n) is 2.76. The van der Waals surface area contributed by atoms with Crippen LogP contribution in [0, 0.1) is 17.1 Å². The van der Waals surface area contributed by atoms with Crippen LogP contribution in [-0.4, -0.2) is 19.3 Å². The second-order valence-corrected chi connectivity index (χ2v) is 6.52. The molecule has 3 aromatic heterocycles. The van der Waals surface area contributed by atoms with Gasteiger partial charge < -0.3 is 10.2 Å².